The van der Waals surface area contributed by atoms with Crippen LogP contribution in [0.2, 0.25) is 0 Å². The van der Waals surface area contributed by atoms with Crippen molar-refractivity contribution in [2.24, 2.45) is 0 Å². The van der Waals surface area contributed by atoms with Crippen LogP contribution in [0.5, 0.6) is 5.75 Å². The van der Waals surface area contributed by atoms with Gasteiger partial charge in [0.15, 0.2) is 0 Å². The lowest BCUT2D eigenvalue weighted by Crippen LogP contribution is -2.32. The van der Waals surface area contributed by atoms with Crippen molar-refractivity contribution in [1.29, 1.82) is 0 Å². The highest BCUT2D eigenvalue weighted by molar-refractivity contribution is 5.90. The summed E-state index contributed by atoms with van der Waals surface area (Å²) in [5.41, 5.74) is 1.28. The third-order valence-corrected chi connectivity index (χ3v) is 3.60. The number of benzene rings is 2. The quantitative estimate of drug-likeness (QED) is 0.866. The zero-order valence-corrected chi connectivity index (χ0v) is 12.2. The van der Waals surface area contributed by atoms with Crippen molar-refractivity contribution >= 4 is 11.8 Å². The number of rotatable bonds is 4. The number of carbonyl (C=O) groups is 1. The highest BCUT2D eigenvalue weighted by Crippen LogP contribution is 2.33. The monoisotopic (exact) mass is 301 g/mol. The van der Waals surface area contributed by atoms with Crippen molar-refractivity contribution in [2.75, 3.05) is 18.6 Å². The molecule has 1 amide bonds. The van der Waals surface area contributed by atoms with Crippen LogP contribution >= 0.6 is 0 Å². The molecule has 1 aliphatic rings. The fourth-order valence-corrected chi connectivity index (χ4v) is 2.57. The molecular formula is C17H16FNO3. The summed E-state index contributed by atoms with van der Waals surface area (Å²) < 4.78 is 25.2. The van der Waals surface area contributed by atoms with Gasteiger partial charge in [-0.3, -0.25) is 4.90 Å². The van der Waals surface area contributed by atoms with Crippen LogP contribution in [-0.4, -0.2) is 25.6 Å². The zero-order chi connectivity index (χ0) is 15.6. The largest absolute Gasteiger partial charge is 0.496 e. The van der Waals surface area contributed by atoms with Crippen molar-refractivity contribution < 1.29 is 18.7 Å². The van der Waals surface area contributed by atoms with Gasteiger partial charge in [0.25, 0.3) is 5.85 Å². The number of methoxy groups -OCH3 is 1. The minimum absolute atomic E-state index is 0.0495. The van der Waals surface area contributed by atoms with Gasteiger partial charge in [-0.15, -0.1) is 0 Å². The van der Waals surface area contributed by atoms with E-state index < -0.39 is 11.9 Å². The Balaban J connectivity index is 1.82. The summed E-state index contributed by atoms with van der Waals surface area (Å²) in [4.78, 5) is 13.3. The van der Waals surface area contributed by atoms with E-state index in [1.807, 2.05) is 12.1 Å². The van der Waals surface area contributed by atoms with Crippen LogP contribution in [0.4, 0.5) is 14.9 Å². The Morgan fingerprint density at radius 1 is 1.18 bits per heavy atom. The van der Waals surface area contributed by atoms with Gasteiger partial charge in [0, 0.05) is 17.7 Å². The normalized spacial score (nSPS) is 20.8. The number of alkyl halides is 1. The summed E-state index contributed by atoms with van der Waals surface area (Å²) in [5, 5.41) is 0. The molecule has 1 unspecified atom stereocenters. The maximum Gasteiger partial charge on any atom is 0.417 e. The molecule has 0 aromatic heterocycles. The first-order valence-corrected chi connectivity index (χ1v) is 6.98. The average molecular weight is 301 g/mol. The Kier molecular flexibility index (Phi) is 3.71. The molecule has 1 saturated heterocycles. The van der Waals surface area contributed by atoms with Crippen molar-refractivity contribution in [3.8, 4) is 5.75 Å². The minimum atomic E-state index is -2.07. The molecule has 0 aliphatic carbocycles. The standard InChI is InChI=1S/C17H16FNO3/c1-21-15-10-6-5-7-13(15)11-17(18)12-19(16(20)22-17)14-8-3-2-4-9-14/h2-10H,11-12H2,1H3. The molecule has 22 heavy (non-hydrogen) atoms. The molecule has 0 radical (unpaired) electrons. The summed E-state index contributed by atoms with van der Waals surface area (Å²) >= 11 is 0. The van der Waals surface area contributed by atoms with Gasteiger partial charge in [-0.2, -0.15) is 4.39 Å². The van der Waals surface area contributed by atoms with Crippen molar-refractivity contribution in [1.82, 2.24) is 0 Å². The molecule has 1 atom stereocenters. The molecule has 0 spiro atoms. The first kappa shape index (κ1) is 14.4. The average Bonchev–Trinajstić information content (AvgIpc) is 2.83. The molecule has 1 aliphatic heterocycles. The van der Waals surface area contributed by atoms with E-state index in [9.17, 15) is 9.18 Å². The van der Waals surface area contributed by atoms with E-state index in [1.54, 1.807) is 42.5 Å². The Hall–Kier alpha value is -2.56. The Labute approximate surface area is 128 Å². The number of carbonyl (C=O) groups excluding carboxylic acids is 1. The third-order valence-electron chi connectivity index (χ3n) is 3.60. The maximum absolute atomic E-state index is 15.0. The Bertz CT molecular complexity index is 677. The van der Waals surface area contributed by atoms with Gasteiger partial charge in [-0.05, 0) is 18.2 Å². The topological polar surface area (TPSA) is 38.8 Å². The fourth-order valence-electron chi connectivity index (χ4n) is 2.57. The third kappa shape index (κ3) is 2.74. The van der Waals surface area contributed by atoms with E-state index in [0.29, 0.717) is 17.0 Å². The summed E-state index contributed by atoms with van der Waals surface area (Å²) in [7, 11) is 1.53. The molecule has 0 N–H and O–H groups in total. The van der Waals surface area contributed by atoms with Gasteiger partial charge < -0.3 is 9.47 Å². The second-order valence-corrected chi connectivity index (χ2v) is 5.16. The predicted octanol–water partition coefficient (Wildman–Crippen LogP) is 3.56. The van der Waals surface area contributed by atoms with E-state index in [0.717, 1.165) is 0 Å². The first-order valence-electron chi connectivity index (χ1n) is 6.98. The first-order chi connectivity index (χ1) is 10.6. The fraction of sp³-hybridized carbons (Fsp3) is 0.235. The highest BCUT2D eigenvalue weighted by atomic mass is 19.2. The van der Waals surface area contributed by atoms with Crippen LogP contribution in [0.3, 0.4) is 0 Å². The summed E-state index contributed by atoms with van der Waals surface area (Å²) in [6, 6.07) is 16.0. The number of para-hydroxylation sites is 2. The van der Waals surface area contributed by atoms with Crippen LogP contribution < -0.4 is 9.64 Å². The number of hydrogen-bond donors (Lipinski definition) is 0. The summed E-state index contributed by atoms with van der Waals surface area (Å²) in [6.07, 6.45) is -0.727. The number of nitrogens with zero attached hydrogens (tertiary/aromatic N) is 1. The lowest BCUT2D eigenvalue weighted by Gasteiger charge is -2.19. The van der Waals surface area contributed by atoms with Gasteiger partial charge in [0.1, 0.15) is 5.75 Å². The lowest BCUT2D eigenvalue weighted by molar-refractivity contribution is -0.0565. The molecule has 1 fully saturated rings. The number of hydrogen-bond acceptors (Lipinski definition) is 3. The van der Waals surface area contributed by atoms with Crippen LogP contribution in [-0.2, 0) is 11.2 Å². The maximum atomic E-state index is 15.0. The zero-order valence-electron chi connectivity index (χ0n) is 12.2. The molecular weight excluding hydrogens is 285 g/mol. The van der Waals surface area contributed by atoms with Gasteiger partial charge in [0.2, 0.25) is 0 Å². The second kappa shape index (κ2) is 5.67. The molecule has 4 nitrogen and oxygen atoms in total. The number of cyclic esters (lactones) is 1. The SMILES string of the molecule is COc1ccccc1CC1(F)CN(c2ccccc2)C(=O)O1. The van der Waals surface area contributed by atoms with Crippen LogP contribution in [0.25, 0.3) is 0 Å². The number of ether oxygens (including phenoxy) is 2. The number of halogens is 1. The van der Waals surface area contributed by atoms with Crippen LogP contribution in [0.1, 0.15) is 5.56 Å². The van der Waals surface area contributed by atoms with Crippen molar-refractivity contribution in [3.05, 3.63) is 60.2 Å². The molecule has 2 aromatic carbocycles. The van der Waals surface area contributed by atoms with Gasteiger partial charge in [-0.1, -0.05) is 36.4 Å². The molecule has 0 saturated carbocycles. The Morgan fingerprint density at radius 2 is 1.86 bits per heavy atom. The number of amides is 1. The molecule has 2 aromatic rings. The van der Waals surface area contributed by atoms with E-state index >= 15 is 0 Å². The molecule has 3 rings (SSSR count). The van der Waals surface area contributed by atoms with Crippen LogP contribution in [0.15, 0.2) is 54.6 Å². The minimum Gasteiger partial charge on any atom is -0.496 e. The smallest absolute Gasteiger partial charge is 0.417 e. The van der Waals surface area contributed by atoms with Crippen molar-refractivity contribution in [2.45, 2.75) is 12.3 Å². The molecule has 1 heterocycles. The van der Waals surface area contributed by atoms with E-state index in [4.69, 9.17) is 9.47 Å². The molecule has 114 valence electrons. The summed E-state index contributed by atoms with van der Waals surface area (Å²) in [6.45, 7) is -0.145. The van der Waals surface area contributed by atoms with E-state index in [1.165, 1.54) is 12.0 Å². The van der Waals surface area contributed by atoms with Gasteiger partial charge in [0.05, 0.1) is 13.7 Å². The number of anilines is 1. The Morgan fingerprint density at radius 3 is 2.59 bits per heavy atom. The highest BCUT2D eigenvalue weighted by Gasteiger charge is 2.46. The van der Waals surface area contributed by atoms with Crippen LogP contribution in [0, 0.1) is 0 Å². The van der Waals surface area contributed by atoms with E-state index in [2.05, 4.69) is 0 Å². The van der Waals surface area contributed by atoms with Crippen molar-refractivity contribution in [3.63, 3.8) is 0 Å². The molecule has 0 bridgehead atoms. The lowest BCUT2D eigenvalue weighted by atomic mass is 10.0. The van der Waals surface area contributed by atoms with Gasteiger partial charge >= 0.3 is 6.09 Å². The second-order valence-electron chi connectivity index (χ2n) is 5.16. The summed E-state index contributed by atoms with van der Waals surface area (Å²) in [5.74, 6) is -1.49. The van der Waals surface area contributed by atoms with Gasteiger partial charge in [-0.25, -0.2) is 4.79 Å². The van der Waals surface area contributed by atoms with E-state index in [-0.39, 0.29) is 13.0 Å². The predicted molar refractivity (Wildman–Crippen MR) is 80.8 cm³/mol. The molecule has 5 heteroatoms.